The highest BCUT2D eigenvalue weighted by Gasteiger charge is 2.13. The molecule has 2 N–H and O–H groups in total. The van der Waals surface area contributed by atoms with Crippen molar-refractivity contribution < 1.29 is 0 Å². The van der Waals surface area contributed by atoms with E-state index in [1.54, 1.807) is 0 Å². The summed E-state index contributed by atoms with van der Waals surface area (Å²) < 4.78 is 0. The van der Waals surface area contributed by atoms with Gasteiger partial charge in [-0.1, -0.05) is 43.8 Å². The molecule has 0 aromatic rings. The minimum atomic E-state index is 0.293. The van der Waals surface area contributed by atoms with E-state index in [4.69, 9.17) is 5.73 Å². The number of nitrogens with two attached hydrogens (primary N) is 1. The lowest BCUT2D eigenvalue weighted by atomic mass is 9.85. The van der Waals surface area contributed by atoms with Crippen molar-refractivity contribution in [3.8, 4) is 0 Å². The third-order valence-corrected chi connectivity index (χ3v) is 3.18. The van der Waals surface area contributed by atoms with Crippen molar-refractivity contribution in [2.75, 3.05) is 0 Å². The van der Waals surface area contributed by atoms with Crippen molar-refractivity contribution in [1.82, 2.24) is 0 Å². The molecule has 0 aromatic carbocycles. The first-order valence-electron chi connectivity index (χ1n) is 6.09. The van der Waals surface area contributed by atoms with Crippen LogP contribution in [0.2, 0.25) is 0 Å². The van der Waals surface area contributed by atoms with Crippen LogP contribution in [0.4, 0.5) is 0 Å². The maximum atomic E-state index is 6.02. The van der Waals surface area contributed by atoms with Gasteiger partial charge in [-0.15, -0.1) is 0 Å². The van der Waals surface area contributed by atoms with Crippen molar-refractivity contribution >= 4 is 0 Å². The van der Waals surface area contributed by atoms with E-state index < -0.39 is 0 Å². The molecule has 1 unspecified atom stereocenters. The molecule has 1 aliphatic rings. The summed E-state index contributed by atoms with van der Waals surface area (Å²) in [7, 11) is 0. The van der Waals surface area contributed by atoms with E-state index in [0.717, 1.165) is 5.92 Å². The van der Waals surface area contributed by atoms with Crippen LogP contribution in [-0.2, 0) is 0 Å². The van der Waals surface area contributed by atoms with Crippen LogP contribution in [0.15, 0.2) is 11.6 Å². The van der Waals surface area contributed by atoms with E-state index in [0.29, 0.717) is 6.04 Å². The highest BCUT2D eigenvalue weighted by Crippen LogP contribution is 2.27. The highest BCUT2D eigenvalue weighted by atomic mass is 14.6. The summed E-state index contributed by atoms with van der Waals surface area (Å²) >= 11 is 0. The topological polar surface area (TPSA) is 26.0 Å². The molecular formula is C13H25N. The van der Waals surface area contributed by atoms with Gasteiger partial charge in [0.25, 0.3) is 0 Å². The summed E-state index contributed by atoms with van der Waals surface area (Å²) in [6.07, 6.45) is 12.0. The Bertz CT molecular complexity index is 174. The van der Waals surface area contributed by atoms with Crippen LogP contribution in [0.5, 0.6) is 0 Å². The normalized spacial score (nSPS) is 20.5. The Balaban J connectivity index is 2.15. The maximum Gasteiger partial charge on any atom is 0.0226 e. The monoisotopic (exact) mass is 195 g/mol. The van der Waals surface area contributed by atoms with Gasteiger partial charge in [0.05, 0.1) is 0 Å². The number of rotatable bonds is 4. The van der Waals surface area contributed by atoms with E-state index >= 15 is 0 Å². The van der Waals surface area contributed by atoms with Crippen LogP contribution in [-0.4, -0.2) is 6.04 Å². The van der Waals surface area contributed by atoms with Gasteiger partial charge in [0, 0.05) is 6.04 Å². The maximum absolute atomic E-state index is 6.02. The molecule has 0 aromatic heterocycles. The largest absolute Gasteiger partial charge is 0.324 e. The van der Waals surface area contributed by atoms with Crippen molar-refractivity contribution in [3.05, 3.63) is 11.6 Å². The first kappa shape index (κ1) is 11.8. The summed E-state index contributed by atoms with van der Waals surface area (Å²) in [5.41, 5.74) is 7.36. The SMILES string of the molecule is CC(C)=CC(N)CCC1CCCCC1. The Hall–Kier alpha value is -0.300. The van der Waals surface area contributed by atoms with Crippen LogP contribution in [0.3, 0.4) is 0 Å². The summed E-state index contributed by atoms with van der Waals surface area (Å²) in [6.45, 7) is 4.25. The smallest absolute Gasteiger partial charge is 0.0226 e. The molecule has 0 amide bonds. The van der Waals surface area contributed by atoms with Gasteiger partial charge in [0.1, 0.15) is 0 Å². The van der Waals surface area contributed by atoms with Crippen molar-refractivity contribution in [3.63, 3.8) is 0 Å². The zero-order chi connectivity index (χ0) is 10.4. The van der Waals surface area contributed by atoms with Crippen LogP contribution in [0.1, 0.15) is 58.8 Å². The lowest BCUT2D eigenvalue weighted by Crippen LogP contribution is -2.19. The average molecular weight is 195 g/mol. The molecule has 1 heteroatoms. The molecule has 1 atom stereocenters. The minimum absolute atomic E-state index is 0.293. The number of hydrogen-bond donors (Lipinski definition) is 1. The summed E-state index contributed by atoms with van der Waals surface area (Å²) in [5, 5.41) is 0. The van der Waals surface area contributed by atoms with E-state index in [-0.39, 0.29) is 0 Å². The zero-order valence-corrected chi connectivity index (χ0v) is 9.76. The van der Waals surface area contributed by atoms with Crippen molar-refractivity contribution in [2.45, 2.75) is 64.8 Å². The molecule has 82 valence electrons. The predicted molar refractivity (Wildman–Crippen MR) is 63.2 cm³/mol. The molecule has 1 rings (SSSR count). The van der Waals surface area contributed by atoms with Gasteiger partial charge in [-0.05, 0) is 32.6 Å². The fraction of sp³-hybridized carbons (Fsp3) is 0.846. The average Bonchev–Trinajstić information content (AvgIpc) is 2.15. The molecule has 0 radical (unpaired) electrons. The first-order chi connectivity index (χ1) is 6.68. The minimum Gasteiger partial charge on any atom is -0.324 e. The van der Waals surface area contributed by atoms with Gasteiger partial charge < -0.3 is 5.73 Å². The molecule has 0 heterocycles. The number of hydrogen-bond acceptors (Lipinski definition) is 1. The third-order valence-electron chi connectivity index (χ3n) is 3.18. The van der Waals surface area contributed by atoms with Crippen LogP contribution in [0, 0.1) is 5.92 Å². The van der Waals surface area contributed by atoms with Gasteiger partial charge in [-0.2, -0.15) is 0 Å². The Morgan fingerprint density at radius 3 is 2.50 bits per heavy atom. The fourth-order valence-electron chi connectivity index (χ4n) is 2.42. The van der Waals surface area contributed by atoms with Gasteiger partial charge in [-0.25, -0.2) is 0 Å². The van der Waals surface area contributed by atoms with E-state index in [1.165, 1.54) is 50.5 Å². The van der Waals surface area contributed by atoms with E-state index in [1.807, 2.05) is 0 Å². The van der Waals surface area contributed by atoms with Crippen LogP contribution >= 0.6 is 0 Å². The van der Waals surface area contributed by atoms with Crippen LogP contribution in [0.25, 0.3) is 0 Å². The zero-order valence-electron chi connectivity index (χ0n) is 9.76. The molecule has 0 aliphatic heterocycles. The molecular weight excluding hydrogens is 170 g/mol. The van der Waals surface area contributed by atoms with E-state index in [2.05, 4.69) is 19.9 Å². The lowest BCUT2D eigenvalue weighted by molar-refractivity contribution is 0.328. The van der Waals surface area contributed by atoms with Crippen molar-refractivity contribution in [1.29, 1.82) is 0 Å². The molecule has 0 saturated heterocycles. The molecule has 0 spiro atoms. The number of allylic oxidation sites excluding steroid dienone is 1. The molecule has 1 nitrogen and oxygen atoms in total. The second-order valence-electron chi connectivity index (χ2n) is 4.99. The summed E-state index contributed by atoms with van der Waals surface area (Å²) in [4.78, 5) is 0. The Labute approximate surface area is 88.8 Å². The standard InChI is InChI=1S/C13H25N/c1-11(2)10-13(14)9-8-12-6-4-3-5-7-12/h10,12-13H,3-9,14H2,1-2H3. The predicted octanol–water partition coefficient (Wildman–Crippen LogP) is 3.64. The molecule has 1 fully saturated rings. The van der Waals surface area contributed by atoms with Gasteiger partial charge in [-0.3, -0.25) is 0 Å². The third kappa shape index (κ3) is 4.80. The lowest BCUT2D eigenvalue weighted by Gasteiger charge is -2.22. The quantitative estimate of drug-likeness (QED) is 0.681. The highest BCUT2D eigenvalue weighted by molar-refractivity contribution is 4.99. The van der Waals surface area contributed by atoms with Crippen LogP contribution < -0.4 is 5.73 Å². The second kappa shape index (κ2) is 6.23. The van der Waals surface area contributed by atoms with Gasteiger partial charge in [0.15, 0.2) is 0 Å². The second-order valence-corrected chi connectivity index (χ2v) is 4.99. The van der Waals surface area contributed by atoms with E-state index in [9.17, 15) is 0 Å². The molecule has 1 saturated carbocycles. The van der Waals surface area contributed by atoms with Crippen molar-refractivity contribution in [2.24, 2.45) is 11.7 Å². The van der Waals surface area contributed by atoms with Gasteiger partial charge in [0.2, 0.25) is 0 Å². The Morgan fingerprint density at radius 1 is 1.29 bits per heavy atom. The Morgan fingerprint density at radius 2 is 1.93 bits per heavy atom. The Kier molecular flexibility index (Phi) is 5.24. The molecule has 1 aliphatic carbocycles. The van der Waals surface area contributed by atoms with Gasteiger partial charge >= 0.3 is 0 Å². The molecule has 0 bridgehead atoms. The fourth-order valence-corrected chi connectivity index (χ4v) is 2.42. The summed E-state index contributed by atoms with van der Waals surface area (Å²) in [6, 6.07) is 0.293. The molecule has 14 heavy (non-hydrogen) atoms. The summed E-state index contributed by atoms with van der Waals surface area (Å²) in [5.74, 6) is 0.973. The first-order valence-corrected chi connectivity index (χ1v) is 6.09.